The first-order valence-corrected chi connectivity index (χ1v) is 41.0. The second kappa shape index (κ2) is 73.8. The lowest BCUT2D eigenvalue weighted by Crippen LogP contribution is -2.60. The lowest BCUT2D eigenvalue weighted by Gasteiger charge is -2.40. The third kappa shape index (κ3) is 61.9. The molecule has 0 aliphatic carbocycles. The van der Waals surface area contributed by atoms with Crippen LogP contribution in [-0.4, -0.2) is 87.5 Å². The van der Waals surface area contributed by atoms with Crippen molar-refractivity contribution in [3.8, 4) is 0 Å². The third-order valence-electron chi connectivity index (χ3n) is 19.1. The van der Waals surface area contributed by atoms with Gasteiger partial charge in [-0.25, -0.2) is 0 Å². The van der Waals surface area contributed by atoms with Gasteiger partial charge >= 0.3 is 0 Å². The van der Waals surface area contributed by atoms with E-state index in [-0.39, 0.29) is 12.5 Å². The smallest absolute Gasteiger partial charge is 0.220 e. The van der Waals surface area contributed by atoms with Crippen LogP contribution in [0, 0.1) is 0 Å². The number of hydrogen-bond donors (Lipinski definition) is 6. The Morgan fingerprint density at radius 2 is 0.663 bits per heavy atom. The van der Waals surface area contributed by atoms with Gasteiger partial charge in [0, 0.05) is 6.42 Å². The number of ether oxygens (including phenoxy) is 2. The minimum absolute atomic E-state index is 0.185. The molecule has 0 aromatic carbocycles. The van der Waals surface area contributed by atoms with Crippen LogP contribution >= 0.6 is 0 Å². The molecule has 7 unspecified atom stereocenters. The van der Waals surface area contributed by atoms with E-state index in [9.17, 15) is 30.3 Å². The molecule has 1 amide bonds. The highest BCUT2D eigenvalue weighted by molar-refractivity contribution is 5.76. The summed E-state index contributed by atoms with van der Waals surface area (Å²) in [6.45, 7) is 3.69. The molecule has 7 atom stereocenters. The number of carbonyl (C=O) groups is 1. The first-order chi connectivity index (χ1) is 46.8. The summed E-state index contributed by atoms with van der Waals surface area (Å²) in [5, 5.41) is 54.9. The van der Waals surface area contributed by atoms with Gasteiger partial charge < -0.3 is 40.3 Å². The molecule has 0 saturated carbocycles. The Kier molecular flexibility index (Phi) is 70.0. The number of nitrogens with one attached hydrogen (secondary N) is 1. The molecular weight excluding hydrogens is 1170 g/mol. The van der Waals surface area contributed by atoms with Crippen LogP contribution in [0.25, 0.3) is 0 Å². The molecular formula is C86H155NO8. The maximum atomic E-state index is 13.2. The average Bonchev–Trinajstić information content (AvgIpc) is 0.836. The van der Waals surface area contributed by atoms with E-state index in [0.29, 0.717) is 6.42 Å². The summed E-state index contributed by atoms with van der Waals surface area (Å²) in [7, 11) is 0. The van der Waals surface area contributed by atoms with Crippen LogP contribution in [0.1, 0.15) is 386 Å². The average molecular weight is 1330 g/mol. The molecule has 1 saturated heterocycles. The van der Waals surface area contributed by atoms with Crippen LogP contribution < -0.4 is 5.32 Å². The molecule has 95 heavy (non-hydrogen) atoms. The molecule has 9 nitrogen and oxygen atoms in total. The molecule has 6 N–H and O–H groups in total. The molecule has 1 fully saturated rings. The van der Waals surface area contributed by atoms with Crippen LogP contribution in [0.15, 0.2) is 97.2 Å². The van der Waals surface area contributed by atoms with Crippen molar-refractivity contribution in [3.05, 3.63) is 97.2 Å². The third-order valence-corrected chi connectivity index (χ3v) is 19.1. The minimum Gasteiger partial charge on any atom is -0.394 e. The molecule has 0 radical (unpaired) electrons. The van der Waals surface area contributed by atoms with Crippen LogP contribution in [0.4, 0.5) is 0 Å². The standard InChI is InChI=1S/C86H155NO8/c1-3-5-7-9-11-13-15-17-19-21-23-25-27-29-31-33-35-36-37-38-39-40-41-42-43-44-46-48-50-52-54-56-58-60-62-64-66-68-70-72-74-76-82(90)87-79(78-94-86-85(93)84(92)83(91)81(77-88)95-86)80(89)75-73-71-69-67-65-63-61-59-57-55-53-51-49-47-45-34-32-30-28-26-24-22-20-18-16-14-12-10-8-6-4-2/h5,7,11,13,17,19,23,25,29,31,57,59,65,67,73,75,79-81,83-86,88-89,91-93H,3-4,6,8-10,12,14-16,18,20-22,24,26-28,30,32-56,58,60-64,66,68-72,74,76-78H2,1-2H3,(H,87,90)/b7-5-,13-11-,19-17-,25-23-,31-29-,59-57+,67-65+,75-73+. The van der Waals surface area contributed by atoms with Crippen molar-refractivity contribution in [2.45, 2.75) is 429 Å². The molecule has 1 rings (SSSR count). The number of aliphatic hydroxyl groups is 5. The fraction of sp³-hybridized carbons (Fsp3) is 0.802. The highest BCUT2D eigenvalue weighted by atomic mass is 16.7. The zero-order chi connectivity index (χ0) is 68.5. The van der Waals surface area contributed by atoms with Crippen molar-refractivity contribution in [3.63, 3.8) is 0 Å². The lowest BCUT2D eigenvalue weighted by molar-refractivity contribution is -0.302. The van der Waals surface area contributed by atoms with Crippen molar-refractivity contribution < 1.29 is 39.8 Å². The van der Waals surface area contributed by atoms with Crippen molar-refractivity contribution in [1.29, 1.82) is 0 Å². The topological polar surface area (TPSA) is 149 Å². The molecule has 552 valence electrons. The SMILES string of the molecule is CC/C=C\C/C=C\C/C=C\C/C=C\C/C=C\CCCCCCCCCCCCCCCCCCCCCCCCCCCC(=O)NC(COC1OC(CO)C(O)C(O)C1O)C(O)/C=C/CC/C=C/CC/C=C/CCCCCCCCCCCCCCCCCCCCCCC. The minimum atomic E-state index is -1.58. The van der Waals surface area contributed by atoms with E-state index in [4.69, 9.17) is 9.47 Å². The van der Waals surface area contributed by atoms with Gasteiger partial charge in [-0.3, -0.25) is 4.79 Å². The fourth-order valence-electron chi connectivity index (χ4n) is 12.8. The Morgan fingerprint density at radius 3 is 1.01 bits per heavy atom. The van der Waals surface area contributed by atoms with Crippen LogP contribution in [0.2, 0.25) is 0 Å². The monoisotopic (exact) mass is 1330 g/mol. The van der Waals surface area contributed by atoms with Gasteiger partial charge in [0.25, 0.3) is 0 Å². The van der Waals surface area contributed by atoms with E-state index >= 15 is 0 Å². The fourth-order valence-corrected chi connectivity index (χ4v) is 12.8. The van der Waals surface area contributed by atoms with Crippen LogP contribution in [0.3, 0.4) is 0 Å². The molecule has 9 heteroatoms. The molecule has 0 spiro atoms. The second-order valence-electron chi connectivity index (χ2n) is 28.2. The molecule has 1 aliphatic heterocycles. The maximum Gasteiger partial charge on any atom is 0.220 e. The largest absolute Gasteiger partial charge is 0.394 e. The summed E-state index contributed by atoms with van der Waals surface area (Å²) in [6, 6.07) is -0.833. The van der Waals surface area contributed by atoms with Gasteiger partial charge in [-0.2, -0.15) is 0 Å². The van der Waals surface area contributed by atoms with E-state index < -0.39 is 49.5 Å². The Morgan fingerprint density at radius 1 is 0.368 bits per heavy atom. The van der Waals surface area contributed by atoms with E-state index in [0.717, 1.165) is 77.0 Å². The highest BCUT2D eigenvalue weighted by Crippen LogP contribution is 2.24. The summed E-state index contributed by atoms with van der Waals surface area (Å²) >= 11 is 0. The predicted molar refractivity (Wildman–Crippen MR) is 410 cm³/mol. The summed E-state index contributed by atoms with van der Waals surface area (Å²) in [5.74, 6) is -0.185. The van der Waals surface area contributed by atoms with Gasteiger partial charge in [0.15, 0.2) is 6.29 Å². The Labute approximate surface area is 587 Å². The van der Waals surface area contributed by atoms with Gasteiger partial charge in [0.05, 0.1) is 25.4 Å². The van der Waals surface area contributed by atoms with Gasteiger partial charge in [0.2, 0.25) is 5.91 Å². The van der Waals surface area contributed by atoms with Gasteiger partial charge in [0.1, 0.15) is 24.4 Å². The zero-order valence-electron chi connectivity index (χ0n) is 62.2. The number of unbranched alkanes of at least 4 members (excludes halogenated alkanes) is 48. The molecule has 1 aliphatic rings. The number of rotatable bonds is 72. The lowest BCUT2D eigenvalue weighted by atomic mass is 9.99. The van der Waals surface area contributed by atoms with Gasteiger partial charge in [-0.15, -0.1) is 0 Å². The number of carbonyl (C=O) groups excluding carboxylic acids is 1. The summed E-state index contributed by atoms with van der Waals surface area (Å²) in [5.41, 5.74) is 0. The Hall–Kier alpha value is -2.89. The quantitative estimate of drug-likeness (QED) is 0.0261. The van der Waals surface area contributed by atoms with Gasteiger partial charge in [-0.05, 0) is 89.9 Å². The molecule has 0 aromatic heterocycles. The van der Waals surface area contributed by atoms with Crippen molar-refractivity contribution in [1.82, 2.24) is 5.32 Å². The maximum absolute atomic E-state index is 13.2. The normalized spacial score (nSPS) is 18.0. The highest BCUT2D eigenvalue weighted by Gasteiger charge is 2.44. The Balaban J connectivity index is 2.07. The van der Waals surface area contributed by atoms with Gasteiger partial charge in [-0.1, -0.05) is 387 Å². The van der Waals surface area contributed by atoms with Crippen molar-refractivity contribution in [2.75, 3.05) is 13.2 Å². The number of amides is 1. The zero-order valence-corrected chi connectivity index (χ0v) is 62.2. The second-order valence-corrected chi connectivity index (χ2v) is 28.2. The molecule has 0 bridgehead atoms. The van der Waals surface area contributed by atoms with E-state index in [1.807, 2.05) is 6.08 Å². The first kappa shape index (κ1) is 90.1. The predicted octanol–water partition coefficient (Wildman–Crippen LogP) is 23.8. The molecule has 0 aromatic rings. The van der Waals surface area contributed by atoms with Crippen LogP contribution in [-0.2, 0) is 14.3 Å². The summed E-state index contributed by atoms with van der Waals surface area (Å²) in [6.07, 6.45) is 101. The van der Waals surface area contributed by atoms with E-state index in [2.05, 4.69) is 104 Å². The van der Waals surface area contributed by atoms with Crippen LogP contribution in [0.5, 0.6) is 0 Å². The number of allylic oxidation sites excluding steroid dienone is 15. The molecule has 1 heterocycles. The summed E-state index contributed by atoms with van der Waals surface area (Å²) < 4.78 is 11.3. The number of aliphatic hydroxyl groups excluding tert-OH is 5. The Bertz CT molecular complexity index is 1840. The summed E-state index contributed by atoms with van der Waals surface area (Å²) in [4.78, 5) is 13.2. The van der Waals surface area contributed by atoms with E-state index in [1.165, 1.54) is 289 Å². The van der Waals surface area contributed by atoms with Crippen molar-refractivity contribution >= 4 is 5.91 Å². The van der Waals surface area contributed by atoms with Crippen molar-refractivity contribution in [2.24, 2.45) is 0 Å². The van der Waals surface area contributed by atoms with E-state index in [1.54, 1.807) is 6.08 Å². The number of hydrogen-bond acceptors (Lipinski definition) is 8. The first-order valence-electron chi connectivity index (χ1n) is 41.0.